The highest BCUT2D eigenvalue weighted by Crippen LogP contribution is 2.14. The predicted molar refractivity (Wildman–Crippen MR) is 64.5 cm³/mol. The summed E-state index contributed by atoms with van der Waals surface area (Å²) in [6.07, 6.45) is 1.90. The summed E-state index contributed by atoms with van der Waals surface area (Å²) in [4.78, 5) is 4.08. The molecule has 1 aromatic rings. The third-order valence-electron chi connectivity index (χ3n) is 2.10. The number of benzene rings is 1. The first kappa shape index (κ1) is 13.4. The first-order valence-corrected chi connectivity index (χ1v) is 5.40. The Bertz CT molecular complexity index is 393. The van der Waals surface area contributed by atoms with E-state index in [-0.39, 0.29) is 11.6 Å². The van der Waals surface area contributed by atoms with Crippen molar-refractivity contribution in [2.24, 2.45) is 10.8 Å². The molecule has 0 atom stereocenters. The Morgan fingerprint density at radius 2 is 2.18 bits per heavy atom. The van der Waals surface area contributed by atoms with Crippen LogP contribution in [0.25, 0.3) is 0 Å². The number of unbranched alkanes of at least 4 members (excludes halogenated alkanes) is 1. The maximum Gasteiger partial charge on any atom is 0.210 e. The molecule has 0 bridgehead atoms. The van der Waals surface area contributed by atoms with E-state index < -0.39 is 11.6 Å². The van der Waals surface area contributed by atoms with Gasteiger partial charge in [0.2, 0.25) is 5.96 Å². The van der Waals surface area contributed by atoms with Gasteiger partial charge in [-0.15, -0.1) is 0 Å². The van der Waals surface area contributed by atoms with Gasteiger partial charge in [0.15, 0.2) is 0 Å². The van der Waals surface area contributed by atoms with Crippen LogP contribution in [0.5, 0.6) is 0 Å². The summed E-state index contributed by atoms with van der Waals surface area (Å²) in [5.41, 5.74) is 2.30. The topological polar surface area (TPSA) is 62.4 Å². The van der Waals surface area contributed by atoms with E-state index in [1.807, 2.05) is 6.92 Å². The van der Waals surface area contributed by atoms with Gasteiger partial charge in [-0.2, -0.15) is 0 Å². The average molecular weight is 242 g/mol. The monoisotopic (exact) mass is 242 g/mol. The standard InChI is InChI=1S/C11H16F2N4/c1-2-3-6-15-11(17-14)16-10-7-8(12)4-5-9(10)13/h4-5,7H,2-3,6,14H2,1H3,(H2,15,16,17). The van der Waals surface area contributed by atoms with E-state index in [2.05, 4.69) is 15.7 Å². The SMILES string of the molecule is CCCCN=C(NN)Nc1cc(F)ccc1F. The van der Waals surface area contributed by atoms with Crippen molar-refractivity contribution < 1.29 is 8.78 Å². The van der Waals surface area contributed by atoms with Gasteiger partial charge >= 0.3 is 0 Å². The van der Waals surface area contributed by atoms with Gasteiger partial charge in [0.25, 0.3) is 0 Å². The summed E-state index contributed by atoms with van der Waals surface area (Å²) in [5, 5.41) is 2.60. The number of nitrogens with one attached hydrogen (secondary N) is 2. The molecule has 0 unspecified atom stereocenters. The zero-order chi connectivity index (χ0) is 12.7. The lowest BCUT2D eigenvalue weighted by Gasteiger charge is -2.09. The highest BCUT2D eigenvalue weighted by Gasteiger charge is 2.05. The van der Waals surface area contributed by atoms with Crippen molar-refractivity contribution >= 4 is 11.6 Å². The third kappa shape index (κ3) is 4.36. The molecule has 0 amide bonds. The van der Waals surface area contributed by atoms with Gasteiger partial charge in [-0.25, -0.2) is 14.6 Å². The minimum absolute atomic E-state index is 0.00167. The van der Waals surface area contributed by atoms with Crippen LogP contribution in [0.4, 0.5) is 14.5 Å². The number of nitrogens with two attached hydrogens (primary N) is 1. The van der Waals surface area contributed by atoms with Crippen molar-refractivity contribution in [1.82, 2.24) is 5.43 Å². The Hall–Kier alpha value is -1.69. The first-order chi connectivity index (χ1) is 8.17. The molecule has 0 fully saturated rings. The third-order valence-corrected chi connectivity index (χ3v) is 2.10. The molecule has 0 heterocycles. The van der Waals surface area contributed by atoms with Crippen LogP contribution in [0.1, 0.15) is 19.8 Å². The number of guanidine groups is 1. The molecule has 1 aromatic carbocycles. The fourth-order valence-corrected chi connectivity index (χ4v) is 1.19. The molecule has 4 nitrogen and oxygen atoms in total. The lowest BCUT2D eigenvalue weighted by atomic mass is 10.3. The van der Waals surface area contributed by atoms with Crippen LogP contribution in [0.15, 0.2) is 23.2 Å². The van der Waals surface area contributed by atoms with Crippen molar-refractivity contribution in [1.29, 1.82) is 0 Å². The lowest BCUT2D eigenvalue weighted by molar-refractivity contribution is 0.603. The van der Waals surface area contributed by atoms with Crippen LogP contribution in [-0.2, 0) is 0 Å². The zero-order valence-electron chi connectivity index (χ0n) is 9.63. The molecule has 0 radical (unpaired) electrons. The Morgan fingerprint density at radius 1 is 1.41 bits per heavy atom. The van der Waals surface area contributed by atoms with Crippen molar-refractivity contribution in [3.05, 3.63) is 29.8 Å². The van der Waals surface area contributed by atoms with E-state index in [1.54, 1.807) is 0 Å². The molecular formula is C11H16F2N4. The second-order valence-electron chi connectivity index (χ2n) is 3.48. The molecule has 4 N–H and O–H groups in total. The van der Waals surface area contributed by atoms with E-state index >= 15 is 0 Å². The maximum absolute atomic E-state index is 13.3. The first-order valence-electron chi connectivity index (χ1n) is 5.40. The minimum atomic E-state index is -0.565. The molecule has 0 aromatic heterocycles. The zero-order valence-corrected chi connectivity index (χ0v) is 9.63. The second-order valence-corrected chi connectivity index (χ2v) is 3.48. The number of rotatable bonds is 4. The number of aliphatic imine (C=N–C) groups is 1. The quantitative estimate of drug-likeness (QED) is 0.249. The fourth-order valence-electron chi connectivity index (χ4n) is 1.19. The van der Waals surface area contributed by atoms with Gasteiger partial charge in [-0.05, 0) is 18.6 Å². The molecule has 0 saturated heterocycles. The maximum atomic E-state index is 13.3. The average Bonchev–Trinajstić information content (AvgIpc) is 2.32. The Morgan fingerprint density at radius 3 is 2.82 bits per heavy atom. The molecule has 1 rings (SSSR count). The molecule has 0 saturated carbocycles. The van der Waals surface area contributed by atoms with Crippen molar-refractivity contribution in [2.75, 3.05) is 11.9 Å². The number of hydrazine groups is 1. The van der Waals surface area contributed by atoms with Crippen molar-refractivity contribution in [2.45, 2.75) is 19.8 Å². The van der Waals surface area contributed by atoms with E-state index in [0.29, 0.717) is 6.54 Å². The molecule has 6 heteroatoms. The molecule has 94 valence electrons. The number of hydrogen-bond acceptors (Lipinski definition) is 2. The Balaban J connectivity index is 2.73. The highest BCUT2D eigenvalue weighted by molar-refractivity contribution is 5.93. The number of hydrogen-bond donors (Lipinski definition) is 3. The number of anilines is 1. The van der Waals surface area contributed by atoms with Crippen LogP contribution in [0, 0.1) is 11.6 Å². The van der Waals surface area contributed by atoms with Gasteiger partial charge in [-0.3, -0.25) is 10.4 Å². The van der Waals surface area contributed by atoms with Crippen molar-refractivity contribution in [3.63, 3.8) is 0 Å². The van der Waals surface area contributed by atoms with E-state index in [1.165, 1.54) is 0 Å². The number of nitrogens with zero attached hydrogens (tertiary/aromatic N) is 1. The minimum Gasteiger partial charge on any atom is -0.323 e. The predicted octanol–water partition coefficient (Wildman–Crippen LogP) is 2.00. The molecule has 0 aliphatic heterocycles. The van der Waals surface area contributed by atoms with E-state index in [9.17, 15) is 8.78 Å². The largest absolute Gasteiger partial charge is 0.323 e. The Kier molecular flexibility index (Phi) is 5.35. The summed E-state index contributed by atoms with van der Waals surface area (Å²) in [6, 6.07) is 3.13. The molecule has 17 heavy (non-hydrogen) atoms. The van der Waals surface area contributed by atoms with Crippen LogP contribution < -0.4 is 16.6 Å². The van der Waals surface area contributed by atoms with Crippen molar-refractivity contribution in [3.8, 4) is 0 Å². The fraction of sp³-hybridized carbons (Fsp3) is 0.364. The second kappa shape index (κ2) is 6.80. The smallest absolute Gasteiger partial charge is 0.210 e. The summed E-state index contributed by atoms with van der Waals surface area (Å²) >= 11 is 0. The van der Waals surface area contributed by atoms with Crippen LogP contribution in [0.3, 0.4) is 0 Å². The van der Waals surface area contributed by atoms with Gasteiger partial charge < -0.3 is 5.32 Å². The van der Waals surface area contributed by atoms with Gasteiger partial charge in [0, 0.05) is 12.6 Å². The highest BCUT2D eigenvalue weighted by atomic mass is 19.1. The molecule has 0 spiro atoms. The summed E-state index contributed by atoms with van der Waals surface area (Å²) in [5.74, 6) is 4.35. The van der Waals surface area contributed by atoms with Crippen LogP contribution in [0.2, 0.25) is 0 Å². The Labute approximate surface area is 98.9 Å². The van der Waals surface area contributed by atoms with Crippen LogP contribution >= 0.6 is 0 Å². The van der Waals surface area contributed by atoms with Gasteiger partial charge in [0.1, 0.15) is 11.6 Å². The summed E-state index contributed by atoms with van der Waals surface area (Å²) < 4.78 is 26.2. The van der Waals surface area contributed by atoms with E-state index in [4.69, 9.17) is 5.84 Å². The summed E-state index contributed by atoms with van der Waals surface area (Å²) in [7, 11) is 0. The molecule has 0 aliphatic carbocycles. The number of halogens is 2. The normalized spacial score (nSPS) is 11.4. The lowest BCUT2D eigenvalue weighted by Crippen LogP contribution is -2.36. The van der Waals surface area contributed by atoms with Gasteiger partial charge in [-0.1, -0.05) is 13.3 Å². The molecular weight excluding hydrogens is 226 g/mol. The van der Waals surface area contributed by atoms with Crippen LogP contribution in [-0.4, -0.2) is 12.5 Å². The molecule has 0 aliphatic rings. The summed E-state index contributed by atoms with van der Waals surface area (Å²) in [6.45, 7) is 2.60. The van der Waals surface area contributed by atoms with E-state index in [0.717, 1.165) is 31.0 Å². The van der Waals surface area contributed by atoms with Gasteiger partial charge in [0.05, 0.1) is 5.69 Å².